The highest BCUT2D eigenvalue weighted by Gasteiger charge is 2.38. The van der Waals surface area contributed by atoms with Crippen LogP contribution in [-0.2, 0) is 16.2 Å². The lowest BCUT2D eigenvalue weighted by Crippen LogP contribution is -2.38. The van der Waals surface area contributed by atoms with Crippen LogP contribution in [0.25, 0.3) is 0 Å². The Morgan fingerprint density at radius 2 is 1.74 bits per heavy atom. The van der Waals surface area contributed by atoms with Gasteiger partial charge in [0.05, 0.1) is 6.04 Å². The molecule has 3 aromatic carbocycles. The van der Waals surface area contributed by atoms with Crippen molar-refractivity contribution in [1.82, 2.24) is 5.32 Å². The summed E-state index contributed by atoms with van der Waals surface area (Å²) in [6.07, 6.45) is 0.501. The SMILES string of the molecule is C[C@@H](NC(=O)[C@@H]1CCN(c2cccc(OCc3ccccc3)c2)C1=O)c1ccccc1. The first-order chi connectivity index (χ1) is 15.1. The highest BCUT2D eigenvalue weighted by molar-refractivity contribution is 6.09. The largest absolute Gasteiger partial charge is 0.489 e. The maximum atomic E-state index is 13.0. The first-order valence-electron chi connectivity index (χ1n) is 10.6. The lowest BCUT2D eigenvalue weighted by molar-refractivity contribution is -0.132. The maximum absolute atomic E-state index is 13.0. The monoisotopic (exact) mass is 414 g/mol. The number of nitrogens with one attached hydrogen (secondary N) is 1. The quantitative estimate of drug-likeness (QED) is 0.579. The summed E-state index contributed by atoms with van der Waals surface area (Å²) in [5.41, 5.74) is 2.85. The van der Waals surface area contributed by atoms with Crippen molar-refractivity contribution in [3.63, 3.8) is 0 Å². The van der Waals surface area contributed by atoms with Crippen molar-refractivity contribution in [3.8, 4) is 5.75 Å². The van der Waals surface area contributed by atoms with Gasteiger partial charge < -0.3 is 15.0 Å². The molecule has 158 valence electrons. The molecule has 1 aliphatic rings. The molecular formula is C26H26N2O3. The van der Waals surface area contributed by atoms with Gasteiger partial charge in [-0.1, -0.05) is 66.7 Å². The van der Waals surface area contributed by atoms with E-state index in [9.17, 15) is 9.59 Å². The molecule has 1 N–H and O–H groups in total. The average molecular weight is 415 g/mol. The molecule has 0 aliphatic carbocycles. The van der Waals surface area contributed by atoms with Crippen molar-refractivity contribution in [2.45, 2.75) is 26.0 Å². The van der Waals surface area contributed by atoms with Gasteiger partial charge in [0.1, 0.15) is 18.3 Å². The van der Waals surface area contributed by atoms with Gasteiger partial charge in [0.25, 0.3) is 0 Å². The molecule has 3 aromatic rings. The number of carbonyl (C=O) groups excluding carboxylic acids is 2. The molecule has 2 atom stereocenters. The van der Waals surface area contributed by atoms with Gasteiger partial charge in [-0.3, -0.25) is 9.59 Å². The maximum Gasteiger partial charge on any atom is 0.239 e. The van der Waals surface area contributed by atoms with Crippen molar-refractivity contribution in [2.24, 2.45) is 5.92 Å². The first-order valence-corrected chi connectivity index (χ1v) is 10.6. The van der Waals surface area contributed by atoms with E-state index < -0.39 is 5.92 Å². The molecule has 1 heterocycles. The topological polar surface area (TPSA) is 58.6 Å². The standard InChI is InChI=1S/C26H26N2O3/c1-19(21-11-6-3-7-12-21)27-25(29)24-15-16-28(26(24)30)22-13-8-14-23(17-22)31-18-20-9-4-2-5-10-20/h2-14,17,19,24H,15-16,18H2,1H3,(H,27,29)/t19-,24+/m1/s1. The molecule has 5 nitrogen and oxygen atoms in total. The van der Waals surface area contributed by atoms with E-state index in [4.69, 9.17) is 4.74 Å². The first kappa shape index (κ1) is 20.7. The van der Waals surface area contributed by atoms with E-state index in [1.54, 1.807) is 4.90 Å². The van der Waals surface area contributed by atoms with Crippen LogP contribution in [0.2, 0.25) is 0 Å². The van der Waals surface area contributed by atoms with Crippen LogP contribution in [0.1, 0.15) is 30.5 Å². The number of anilines is 1. The molecule has 2 amide bonds. The Kier molecular flexibility index (Phi) is 6.32. The fourth-order valence-corrected chi connectivity index (χ4v) is 3.80. The third-order valence-electron chi connectivity index (χ3n) is 5.56. The van der Waals surface area contributed by atoms with Gasteiger partial charge in [0.15, 0.2) is 0 Å². The summed E-state index contributed by atoms with van der Waals surface area (Å²) in [6, 6.07) is 27.0. The van der Waals surface area contributed by atoms with Gasteiger partial charge in [-0.05, 0) is 36.6 Å². The van der Waals surface area contributed by atoms with Crippen LogP contribution in [0.4, 0.5) is 5.69 Å². The zero-order valence-electron chi connectivity index (χ0n) is 17.5. The zero-order valence-corrected chi connectivity index (χ0v) is 17.5. The summed E-state index contributed by atoms with van der Waals surface area (Å²) in [7, 11) is 0. The van der Waals surface area contributed by atoms with E-state index in [-0.39, 0.29) is 17.9 Å². The Balaban J connectivity index is 1.39. The molecule has 4 rings (SSSR count). The molecule has 0 aromatic heterocycles. The van der Waals surface area contributed by atoms with Gasteiger partial charge in [-0.2, -0.15) is 0 Å². The Bertz CT molecular complexity index is 1040. The zero-order chi connectivity index (χ0) is 21.6. The lowest BCUT2D eigenvalue weighted by atomic mass is 10.0. The second kappa shape index (κ2) is 9.47. The molecule has 0 saturated carbocycles. The molecule has 1 saturated heterocycles. The second-order valence-corrected chi connectivity index (χ2v) is 7.74. The summed E-state index contributed by atoms with van der Waals surface area (Å²) in [5, 5.41) is 2.98. The number of amides is 2. The van der Waals surface area contributed by atoms with Gasteiger partial charge >= 0.3 is 0 Å². The molecule has 0 spiro atoms. The van der Waals surface area contributed by atoms with Crippen LogP contribution in [0, 0.1) is 5.92 Å². The normalized spacial score (nSPS) is 16.7. The summed E-state index contributed by atoms with van der Waals surface area (Å²) >= 11 is 0. The Labute approximate surface area is 182 Å². The predicted octanol–water partition coefficient (Wildman–Crippen LogP) is 4.50. The van der Waals surface area contributed by atoms with E-state index in [2.05, 4.69) is 5.32 Å². The minimum atomic E-state index is -0.667. The van der Waals surface area contributed by atoms with Crippen molar-refractivity contribution < 1.29 is 14.3 Å². The van der Waals surface area contributed by atoms with Crippen LogP contribution < -0.4 is 15.0 Å². The Hall–Kier alpha value is -3.60. The molecule has 1 fully saturated rings. The third kappa shape index (κ3) is 4.94. The van der Waals surface area contributed by atoms with Crippen molar-refractivity contribution >= 4 is 17.5 Å². The van der Waals surface area contributed by atoms with Gasteiger partial charge in [-0.25, -0.2) is 0 Å². The summed E-state index contributed by atoms with van der Waals surface area (Å²) in [4.78, 5) is 27.4. The van der Waals surface area contributed by atoms with Crippen LogP contribution in [0.3, 0.4) is 0 Å². The summed E-state index contributed by atoms with van der Waals surface area (Å²) < 4.78 is 5.89. The number of carbonyl (C=O) groups is 2. The molecular weight excluding hydrogens is 388 g/mol. The minimum Gasteiger partial charge on any atom is -0.489 e. The Morgan fingerprint density at radius 3 is 2.48 bits per heavy atom. The van der Waals surface area contributed by atoms with Crippen LogP contribution >= 0.6 is 0 Å². The molecule has 31 heavy (non-hydrogen) atoms. The summed E-state index contributed by atoms with van der Waals surface area (Å²) in [5.74, 6) is -0.363. The van der Waals surface area contributed by atoms with Gasteiger partial charge in [0.2, 0.25) is 11.8 Å². The number of nitrogens with zero attached hydrogens (tertiary/aromatic N) is 1. The fourth-order valence-electron chi connectivity index (χ4n) is 3.80. The summed E-state index contributed by atoms with van der Waals surface area (Å²) in [6.45, 7) is 2.90. The lowest BCUT2D eigenvalue weighted by Gasteiger charge is -2.19. The van der Waals surface area contributed by atoms with Crippen LogP contribution in [-0.4, -0.2) is 18.4 Å². The molecule has 1 aliphatic heterocycles. The number of ether oxygens (including phenoxy) is 1. The van der Waals surface area contributed by atoms with Crippen molar-refractivity contribution in [1.29, 1.82) is 0 Å². The molecule has 0 unspecified atom stereocenters. The predicted molar refractivity (Wildman–Crippen MR) is 121 cm³/mol. The number of hydrogen-bond donors (Lipinski definition) is 1. The van der Waals surface area contributed by atoms with Crippen LogP contribution in [0.15, 0.2) is 84.9 Å². The third-order valence-corrected chi connectivity index (χ3v) is 5.56. The highest BCUT2D eigenvalue weighted by atomic mass is 16.5. The van der Waals surface area contributed by atoms with E-state index in [1.165, 1.54) is 0 Å². The van der Waals surface area contributed by atoms with E-state index in [0.717, 1.165) is 16.8 Å². The molecule has 0 radical (unpaired) electrons. The smallest absolute Gasteiger partial charge is 0.239 e. The average Bonchev–Trinajstić information content (AvgIpc) is 3.20. The molecule has 5 heteroatoms. The highest BCUT2D eigenvalue weighted by Crippen LogP contribution is 2.29. The Morgan fingerprint density at radius 1 is 1.03 bits per heavy atom. The van der Waals surface area contributed by atoms with Crippen molar-refractivity contribution in [2.75, 3.05) is 11.4 Å². The van der Waals surface area contributed by atoms with E-state index in [0.29, 0.717) is 25.3 Å². The van der Waals surface area contributed by atoms with Gasteiger partial charge in [-0.15, -0.1) is 0 Å². The molecule has 0 bridgehead atoms. The van der Waals surface area contributed by atoms with Gasteiger partial charge in [0, 0.05) is 18.3 Å². The number of hydrogen-bond acceptors (Lipinski definition) is 3. The number of benzene rings is 3. The van der Waals surface area contributed by atoms with E-state index in [1.807, 2.05) is 91.9 Å². The van der Waals surface area contributed by atoms with Crippen molar-refractivity contribution in [3.05, 3.63) is 96.1 Å². The second-order valence-electron chi connectivity index (χ2n) is 7.74. The van der Waals surface area contributed by atoms with E-state index >= 15 is 0 Å². The number of rotatable bonds is 7. The fraction of sp³-hybridized carbons (Fsp3) is 0.231. The minimum absolute atomic E-state index is 0.148. The van der Waals surface area contributed by atoms with Crippen LogP contribution in [0.5, 0.6) is 5.75 Å².